The molecule has 0 aromatic heterocycles. The lowest BCUT2D eigenvalue weighted by atomic mass is 10.1. The molecule has 4 rings (SSSR count). The number of halogens is 1. The quantitative estimate of drug-likeness (QED) is 0.302. The summed E-state index contributed by atoms with van der Waals surface area (Å²) in [5.74, 6) is 1.12. The summed E-state index contributed by atoms with van der Waals surface area (Å²) in [6.45, 7) is 0.115. The molecule has 0 aliphatic rings. The summed E-state index contributed by atoms with van der Waals surface area (Å²) in [6, 6.07) is 30.0. The Morgan fingerprint density at radius 2 is 1.51 bits per heavy atom. The molecule has 0 fully saturated rings. The van der Waals surface area contributed by atoms with Gasteiger partial charge in [0.1, 0.15) is 11.5 Å². The molecule has 35 heavy (non-hydrogen) atoms. The minimum atomic E-state index is -3.54. The first kappa shape index (κ1) is 24.3. The van der Waals surface area contributed by atoms with Crippen LogP contribution in [0, 0.1) is 0 Å². The molecule has 0 saturated heterocycles. The van der Waals surface area contributed by atoms with Gasteiger partial charge in [-0.1, -0.05) is 48.0 Å². The van der Waals surface area contributed by atoms with Crippen LogP contribution in [0.25, 0.3) is 0 Å². The largest absolute Gasteiger partial charge is 0.457 e. The average molecular weight is 507 g/mol. The molecule has 0 spiro atoms. The van der Waals surface area contributed by atoms with Crippen LogP contribution in [-0.2, 0) is 16.6 Å². The highest BCUT2D eigenvalue weighted by Crippen LogP contribution is 2.25. The van der Waals surface area contributed by atoms with E-state index in [-0.39, 0.29) is 12.5 Å². The van der Waals surface area contributed by atoms with E-state index in [9.17, 15) is 13.2 Å². The number of sulfonamides is 1. The molecule has 4 aromatic rings. The van der Waals surface area contributed by atoms with Crippen LogP contribution in [0.2, 0.25) is 5.02 Å². The molecule has 0 aliphatic carbocycles. The van der Waals surface area contributed by atoms with Crippen molar-refractivity contribution in [1.29, 1.82) is 0 Å². The Hall–Kier alpha value is -3.81. The molecule has 0 aliphatic heterocycles. The van der Waals surface area contributed by atoms with E-state index in [1.54, 1.807) is 72.8 Å². The second-order valence-corrected chi connectivity index (χ2v) is 10.2. The van der Waals surface area contributed by atoms with E-state index >= 15 is 0 Å². The predicted octanol–water partition coefficient (Wildman–Crippen LogP) is 6.35. The smallest absolute Gasteiger partial charge is 0.255 e. The van der Waals surface area contributed by atoms with Gasteiger partial charge in [0.15, 0.2) is 0 Å². The van der Waals surface area contributed by atoms with Crippen LogP contribution in [0.15, 0.2) is 103 Å². The van der Waals surface area contributed by atoms with Crippen molar-refractivity contribution in [2.75, 3.05) is 15.9 Å². The standard InChI is InChI=1S/C27H23ClN2O4S/c1-35(32,33)30(24-7-5-6-22(28)18-24)19-20-10-12-21(13-11-20)27(31)29-23-14-16-26(17-15-23)34-25-8-3-2-4-9-25/h2-18H,19H2,1H3,(H,29,31). The maximum atomic E-state index is 12.7. The van der Waals surface area contributed by atoms with E-state index in [0.717, 1.165) is 17.6 Å². The normalized spacial score (nSPS) is 11.0. The Labute approximate surface area is 209 Å². The molecule has 0 atom stereocenters. The summed E-state index contributed by atoms with van der Waals surface area (Å²) in [5, 5.41) is 3.30. The van der Waals surface area contributed by atoms with E-state index in [1.165, 1.54) is 4.31 Å². The number of rotatable bonds is 8. The summed E-state index contributed by atoms with van der Waals surface area (Å²) in [6.07, 6.45) is 1.14. The van der Waals surface area contributed by atoms with Crippen molar-refractivity contribution < 1.29 is 17.9 Å². The van der Waals surface area contributed by atoms with Gasteiger partial charge < -0.3 is 10.1 Å². The van der Waals surface area contributed by atoms with Gasteiger partial charge in [-0.2, -0.15) is 0 Å². The van der Waals surface area contributed by atoms with E-state index in [1.807, 2.05) is 30.3 Å². The lowest BCUT2D eigenvalue weighted by Gasteiger charge is -2.22. The van der Waals surface area contributed by atoms with Crippen molar-refractivity contribution in [3.8, 4) is 11.5 Å². The monoisotopic (exact) mass is 506 g/mol. The van der Waals surface area contributed by atoms with E-state index < -0.39 is 10.0 Å². The van der Waals surface area contributed by atoms with Crippen molar-refractivity contribution >= 4 is 38.9 Å². The topological polar surface area (TPSA) is 75.7 Å². The highest BCUT2D eigenvalue weighted by atomic mass is 35.5. The van der Waals surface area contributed by atoms with E-state index in [4.69, 9.17) is 16.3 Å². The van der Waals surface area contributed by atoms with Crippen LogP contribution in [0.4, 0.5) is 11.4 Å². The molecular formula is C27H23ClN2O4S. The number of carbonyl (C=O) groups excluding carboxylic acids is 1. The maximum Gasteiger partial charge on any atom is 0.255 e. The first-order chi connectivity index (χ1) is 16.8. The van der Waals surface area contributed by atoms with Crippen molar-refractivity contribution in [2.24, 2.45) is 0 Å². The first-order valence-electron chi connectivity index (χ1n) is 10.7. The van der Waals surface area contributed by atoms with Crippen LogP contribution >= 0.6 is 11.6 Å². The summed E-state index contributed by atoms with van der Waals surface area (Å²) >= 11 is 6.04. The summed E-state index contributed by atoms with van der Waals surface area (Å²) in [5.41, 5.74) is 2.28. The van der Waals surface area contributed by atoms with Gasteiger partial charge in [0.25, 0.3) is 5.91 Å². The molecule has 0 heterocycles. The van der Waals surface area contributed by atoms with Crippen LogP contribution in [0.1, 0.15) is 15.9 Å². The first-order valence-corrected chi connectivity index (χ1v) is 13.0. The molecule has 4 aromatic carbocycles. The predicted molar refractivity (Wildman–Crippen MR) is 140 cm³/mol. The summed E-state index contributed by atoms with van der Waals surface area (Å²) < 4.78 is 31.8. The highest BCUT2D eigenvalue weighted by Gasteiger charge is 2.18. The molecule has 178 valence electrons. The fourth-order valence-electron chi connectivity index (χ4n) is 3.39. The highest BCUT2D eigenvalue weighted by molar-refractivity contribution is 7.92. The van der Waals surface area contributed by atoms with Gasteiger partial charge in [-0.25, -0.2) is 8.42 Å². The molecule has 8 heteroatoms. The number of hydrogen-bond donors (Lipinski definition) is 1. The number of nitrogens with zero attached hydrogens (tertiary/aromatic N) is 1. The molecule has 0 saturated carbocycles. The summed E-state index contributed by atoms with van der Waals surface area (Å²) in [7, 11) is -3.54. The third-order valence-corrected chi connectivity index (χ3v) is 6.51. The number of ether oxygens (including phenoxy) is 1. The van der Waals surface area contributed by atoms with Crippen molar-refractivity contribution in [3.05, 3.63) is 119 Å². The van der Waals surface area contributed by atoms with Gasteiger partial charge in [-0.3, -0.25) is 9.10 Å². The molecule has 0 radical (unpaired) electrons. The fraction of sp³-hybridized carbons (Fsp3) is 0.0741. The molecule has 0 unspecified atom stereocenters. The minimum Gasteiger partial charge on any atom is -0.457 e. The third-order valence-electron chi connectivity index (χ3n) is 5.13. The summed E-state index contributed by atoms with van der Waals surface area (Å²) in [4.78, 5) is 12.7. The Kier molecular flexibility index (Phi) is 7.39. The Morgan fingerprint density at radius 3 is 2.14 bits per heavy atom. The molecular weight excluding hydrogens is 484 g/mol. The van der Waals surface area contributed by atoms with Gasteiger partial charge in [-0.15, -0.1) is 0 Å². The number of nitrogens with one attached hydrogen (secondary N) is 1. The molecule has 6 nitrogen and oxygen atoms in total. The maximum absolute atomic E-state index is 12.7. The van der Waals surface area contributed by atoms with Crippen LogP contribution in [-0.4, -0.2) is 20.6 Å². The number of benzene rings is 4. The average Bonchev–Trinajstić information content (AvgIpc) is 2.84. The third kappa shape index (κ3) is 6.62. The minimum absolute atomic E-state index is 0.115. The van der Waals surface area contributed by atoms with Gasteiger partial charge in [0.2, 0.25) is 10.0 Å². The lowest BCUT2D eigenvalue weighted by Crippen LogP contribution is -2.29. The van der Waals surface area contributed by atoms with E-state index in [2.05, 4.69) is 5.32 Å². The lowest BCUT2D eigenvalue weighted by molar-refractivity contribution is 0.102. The van der Waals surface area contributed by atoms with Crippen molar-refractivity contribution in [3.63, 3.8) is 0 Å². The van der Waals surface area contributed by atoms with Gasteiger partial charge >= 0.3 is 0 Å². The number of hydrogen-bond acceptors (Lipinski definition) is 4. The van der Waals surface area contributed by atoms with Crippen LogP contribution in [0.5, 0.6) is 11.5 Å². The number of anilines is 2. The molecule has 1 amide bonds. The van der Waals surface area contributed by atoms with E-state index in [0.29, 0.717) is 27.7 Å². The van der Waals surface area contributed by atoms with Gasteiger partial charge in [0.05, 0.1) is 18.5 Å². The molecule has 0 bridgehead atoms. The zero-order chi connectivity index (χ0) is 24.8. The Bertz CT molecular complexity index is 1410. The fourth-order valence-corrected chi connectivity index (χ4v) is 4.46. The second-order valence-electron chi connectivity index (χ2n) is 7.84. The van der Waals surface area contributed by atoms with Crippen molar-refractivity contribution in [2.45, 2.75) is 6.54 Å². The zero-order valence-electron chi connectivity index (χ0n) is 18.9. The Morgan fingerprint density at radius 1 is 0.857 bits per heavy atom. The van der Waals surface area contributed by atoms with Crippen LogP contribution in [0.3, 0.4) is 0 Å². The second kappa shape index (κ2) is 10.6. The number of amides is 1. The Balaban J connectivity index is 1.41. The van der Waals surface area contributed by atoms with Gasteiger partial charge in [0, 0.05) is 16.3 Å². The molecule has 1 N–H and O–H groups in total. The van der Waals surface area contributed by atoms with Crippen LogP contribution < -0.4 is 14.4 Å². The number of para-hydroxylation sites is 1. The number of carbonyl (C=O) groups is 1. The van der Waals surface area contributed by atoms with Crippen molar-refractivity contribution in [1.82, 2.24) is 0 Å². The SMILES string of the molecule is CS(=O)(=O)N(Cc1ccc(C(=O)Nc2ccc(Oc3ccccc3)cc2)cc1)c1cccc(Cl)c1. The van der Waals surface area contributed by atoms with Gasteiger partial charge in [-0.05, 0) is 72.3 Å². The zero-order valence-corrected chi connectivity index (χ0v) is 20.5.